The molecule has 0 radical (unpaired) electrons. The van der Waals surface area contributed by atoms with Gasteiger partial charge in [-0.1, -0.05) is 32.6 Å². The molecule has 20 heavy (non-hydrogen) atoms. The summed E-state index contributed by atoms with van der Waals surface area (Å²) in [5, 5.41) is 0. The van der Waals surface area contributed by atoms with Crippen molar-refractivity contribution in [2.24, 2.45) is 0 Å². The number of rotatable bonds is 4. The molecule has 1 aliphatic heterocycles. The van der Waals surface area contributed by atoms with Crippen LogP contribution in [0.3, 0.4) is 0 Å². The molecule has 3 nitrogen and oxygen atoms in total. The van der Waals surface area contributed by atoms with E-state index in [-0.39, 0.29) is 5.91 Å². The Morgan fingerprint density at radius 1 is 1.40 bits per heavy atom. The van der Waals surface area contributed by atoms with Gasteiger partial charge in [-0.05, 0) is 30.0 Å². The van der Waals surface area contributed by atoms with Gasteiger partial charge in [0, 0.05) is 24.6 Å². The number of hydrogen-bond donors (Lipinski definition) is 0. The maximum atomic E-state index is 11.8. The minimum Gasteiger partial charge on any atom is -0.496 e. The van der Waals surface area contributed by atoms with Crippen molar-refractivity contribution in [2.75, 3.05) is 20.2 Å². The van der Waals surface area contributed by atoms with Gasteiger partial charge in [-0.15, -0.1) is 0 Å². The van der Waals surface area contributed by atoms with Crippen LogP contribution in [0.15, 0.2) is 30.4 Å². The third-order valence-corrected chi connectivity index (χ3v) is 3.88. The van der Waals surface area contributed by atoms with Crippen LogP contribution in [-0.4, -0.2) is 31.0 Å². The van der Waals surface area contributed by atoms with Gasteiger partial charge in [0.15, 0.2) is 0 Å². The minimum atomic E-state index is 0.0621. The maximum absolute atomic E-state index is 11.8. The summed E-state index contributed by atoms with van der Waals surface area (Å²) in [6, 6.07) is 6.41. The van der Waals surface area contributed by atoms with Crippen LogP contribution in [0, 0.1) is 0 Å². The van der Waals surface area contributed by atoms with E-state index in [4.69, 9.17) is 4.74 Å². The van der Waals surface area contributed by atoms with Gasteiger partial charge in [0.25, 0.3) is 0 Å². The fourth-order valence-electron chi connectivity index (χ4n) is 2.58. The second kappa shape index (κ2) is 5.70. The standard InChI is InChI=1S/C17H23NO2/c1-11(2)15-7-6-13(8-16(15)20-5)14-9-18(10-14)17(19)12(3)4/h6-8,11,14H,3,9-10H2,1-2,4-5H3. The summed E-state index contributed by atoms with van der Waals surface area (Å²) in [7, 11) is 1.71. The number of amides is 1. The fourth-order valence-corrected chi connectivity index (χ4v) is 2.58. The first-order chi connectivity index (χ1) is 9.43. The van der Waals surface area contributed by atoms with Gasteiger partial charge in [0.1, 0.15) is 5.75 Å². The minimum absolute atomic E-state index is 0.0621. The number of carbonyl (C=O) groups excluding carboxylic acids is 1. The smallest absolute Gasteiger partial charge is 0.248 e. The van der Waals surface area contributed by atoms with Gasteiger partial charge in [-0.2, -0.15) is 0 Å². The highest BCUT2D eigenvalue weighted by atomic mass is 16.5. The van der Waals surface area contributed by atoms with Gasteiger partial charge in [0.05, 0.1) is 7.11 Å². The second-order valence-electron chi connectivity index (χ2n) is 5.84. The van der Waals surface area contributed by atoms with E-state index in [9.17, 15) is 4.79 Å². The molecular weight excluding hydrogens is 250 g/mol. The Morgan fingerprint density at radius 2 is 2.05 bits per heavy atom. The van der Waals surface area contributed by atoms with Gasteiger partial charge in [-0.3, -0.25) is 4.79 Å². The van der Waals surface area contributed by atoms with Crippen molar-refractivity contribution >= 4 is 5.91 Å². The summed E-state index contributed by atoms with van der Waals surface area (Å²) in [6.45, 7) is 11.3. The molecule has 0 spiro atoms. The zero-order valence-electron chi connectivity index (χ0n) is 12.8. The maximum Gasteiger partial charge on any atom is 0.248 e. The Bertz CT molecular complexity index is 528. The molecule has 0 bridgehead atoms. The topological polar surface area (TPSA) is 29.5 Å². The van der Waals surface area contributed by atoms with Crippen molar-refractivity contribution in [3.8, 4) is 5.75 Å². The highest BCUT2D eigenvalue weighted by Crippen LogP contribution is 2.34. The zero-order chi connectivity index (χ0) is 14.9. The summed E-state index contributed by atoms with van der Waals surface area (Å²) in [4.78, 5) is 13.6. The molecule has 1 amide bonds. The number of carbonyl (C=O) groups is 1. The van der Waals surface area contributed by atoms with E-state index in [0.29, 0.717) is 17.4 Å². The lowest BCUT2D eigenvalue weighted by atomic mass is 9.89. The summed E-state index contributed by atoms with van der Waals surface area (Å²) < 4.78 is 5.48. The number of nitrogens with zero attached hydrogens (tertiary/aromatic N) is 1. The highest BCUT2D eigenvalue weighted by molar-refractivity contribution is 5.92. The molecule has 1 aromatic carbocycles. The molecule has 1 fully saturated rings. The zero-order valence-corrected chi connectivity index (χ0v) is 12.8. The van der Waals surface area contributed by atoms with Gasteiger partial charge >= 0.3 is 0 Å². The monoisotopic (exact) mass is 273 g/mol. The molecule has 1 aromatic rings. The number of methoxy groups -OCH3 is 1. The first-order valence-corrected chi connectivity index (χ1v) is 7.06. The number of benzene rings is 1. The Labute approximate surface area is 121 Å². The third-order valence-electron chi connectivity index (χ3n) is 3.88. The molecule has 3 heteroatoms. The first kappa shape index (κ1) is 14.6. The first-order valence-electron chi connectivity index (χ1n) is 7.06. The van der Waals surface area contributed by atoms with Crippen LogP contribution in [0.2, 0.25) is 0 Å². The summed E-state index contributed by atoms with van der Waals surface area (Å²) in [6.07, 6.45) is 0. The molecular formula is C17H23NO2. The molecule has 0 unspecified atom stereocenters. The molecule has 2 rings (SSSR count). The van der Waals surface area contributed by atoms with E-state index in [1.54, 1.807) is 14.0 Å². The fraction of sp³-hybridized carbons (Fsp3) is 0.471. The van der Waals surface area contributed by atoms with Crippen molar-refractivity contribution in [3.05, 3.63) is 41.5 Å². The Morgan fingerprint density at radius 3 is 2.55 bits per heavy atom. The molecule has 1 aliphatic rings. The largest absolute Gasteiger partial charge is 0.496 e. The molecule has 1 saturated heterocycles. The average Bonchev–Trinajstić information content (AvgIpc) is 2.36. The molecule has 0 saturated carbocycles. The summed E-state index contributed by atoms with van der Waals surface area (Å²) in [5.74, 6) is 1.87. The van der Waals surface area contributed by atoms with Crippen LogP contribution in [-0.2, 0) is 4.79 Å². The molecule has 0 aromatic heterocycles. The van der Waals surface area contributed by atoms with Crippen LogP contribution in [0.25, 0.3) is 0 Å². The second-order valence-corrected chi connectivity index (χ2v) is 5.84. The SMILES string of the molecule is C=C(C)C(=O)N1CC(c2ccc(C(C)C)c(OC)c2)C1. The number of ether oxygens (including phenoxy) is 1. The van der Waals surface area contributed by atoms with Crippen LogP contribution in [0.1, 0.15) is 43.7 Å². The normalized spacial score (nSPS) is 15.2. The van der Waals surface area contributed by atoms with E-state index >= 15 is 0 Å². The van der Waals surface area contributed by atoms with E-state index in [0.717, 1.165) is 18.8 Å². The van der Waals surface area contributed by atoms with Crippen LogP contribution >= 0.6 is 0 Å². The lowest BCUT2D eigenvalue weighted by Crippen LogP contribution is -2.48. The molecule has 0 atom stereocenters. The van der Waals surface area contributed by atoms with Gasteiger partial charge < -0.3 is 9.64 Å². The Kier molecular flexibility index (Phi) is 4.17. The molecule has 0 aliphatic carbocycles. The van der Waals surface area contributed by atoms with E-state index in [1.807, 2.05) is 4.90 Å². The van der Waals surface area contributed by atoms with Crippen molar-refractivity contribution in [1.29, 1.82) is 0 Å². The third kappa shape index (κ3) is 2.72. The lowest BCUT2D eigenvalue weighted by Gasteiger charge is -2.40. The highest BCUT2D eigenvalue weighted by Gasteiger charge is 2.32. The van der Waals surface area contributed by atoms with Crippen LogP contribution in [0.5, 0.6) is 5.75 Å². The van der Waals surface area contributed by atoms with E-state index in [2.05, 4.69) is 38.6 Å². The van der Waals surface area contributed by atoms with Crippen LogP contribution in [0.4, 0.5) is 0 Å². The van der Waals surface area contributed by atoms with Crippen LogP contribution < -0.4 is 4.74 Å². The summed E-state index contributed by atoms with van der Waals surface area (Å²) in [5.41, 5.74) is 3.08. The molecule has 108 valence electrons. The predicted molar refractivity (Wildman–Crippen MR) is 81.2 cm³/mol. The van der Waals surface area contributed by atoms with Crippen molar-refractivity contribution in [2.45, 2.75) is 32.6 Å². The number of likely N-dealkylation sites (tertiary alicyclic amines) is 1. The predicted octanol–water partition coefficient (Wildman–Crippen LogP) is 3.32. The Balaban J connectivity index is 2.09. The van der Waals surface area contributed by atoms with E-state index < -0.39 is 0 Å². The van der Waals surface area contributed by atoms with Gasteiger partial charge in [-0.25, -0.2) is 0 Å². The van der Waals surface area contributed by atoms with Gasteiger partial charge in [0.2, 0.25) is 5.91 Å². The lowest BCUT2D eigenvalue weighted by molar-refractivity contribution is -0.131. The van der Waals surface area contributed by atoms with Crippen molar-refractivity contribution in [3.63, 3.8) is 0 Å². The number of hydrogen-bond acceptors (Lipinski definition) is 2. The average molecular weight is 273 g/mol. The van der Waals surface area contributed by atoms with Crippen molar-refractivity contribution < 1.29 is 9.53 Å². The molecule has 0 N–H and O–H groups in total. The van der Waals surface area contributed by atoms with E-state index in [1.165, 1.54) is 11.1 Å². The Hall–Kier alpha value is -1.77. The quantitative estimate of drug-likeness (QED) is 0.788. The summed E-state index contributed by atoms with van der Waals surface area (Å²) >= 11 is 0. The molecule has 1 heterocycles. The van der Waals surface area contributed by atoms with Crippen molar-refractivity contribution in [1.82, 2.24) is 4.90 Å².